The van der Waals surface area contributed by atoms with E-state index in [1.165, 1.54) is 7.11 Å². The number of methoxy groups -OCH3 is 1. The predicted octanol–water partition coefficient (Wildman–Crippen LogP) is 3.94. The van der Waals surface area contributed by atoms with Crippen LogP contribution in [0.1, 0.15) is 50.7 Å². The minimum absolute atomic E-state index is 0.0721. The summed E-state index contributed by atoms with van der Waals surface area (Å²) in [5.41, 5.74) is 2.84. The van der Waals surface area contributed by atoms with E-state index in [1.54, 1.807) is 6.92 Å². The molecule has 1 aliphatic rings. The molecule has 188 valence electrons. The average Bonchev–Trinajstić information content (AvgIpc) is 3.15. The van der Waals surface area contributed by atoms with E-state index in [2.05, 4.69) is 22.8 Å². The summed E-state index contributed by atoms with van der Waals surface area (Å²) in [6.07, 6.45) is -0.277. The second-order valence-corrected chi connectivity index (χ2v) is 9.32. The van der Waals surface area contributed by atoms with E-state index in [-0.39, 0.29) is 31.5 Å². The highest BCUT2D eigenvalue weighted by Gasteiger charge is 2.40. The Morgan fingerprint density at radius 2 is 1.60 bits per heavy atom. The lowest BCUT2D eigenvalue weighted by Gasteiger charge is -2.31. The van der Waals surface area contributed by atoms with Gasteiger partial charge in [0.25, 0.3) is 0 Å². The maximum Gasteiger partial charge on any atom is 0.407 e. The molecule has 0 bridgehead atoms. The van der Waals surface area contributed by atoms with Gasteiger partial charge in [0.05, 0.1) is 6.61 Å². The van der Waals surface area contributed by atoms with Crippen LogP contribution in [0.5, 0.6) is 0 Å². The molecule has 8 heteroatoms. The van der Waals surface area contributed by atoms with E-state index in [4.69, 9.17) is 9.47 Å². The lowest BCUT2D eigenvalue weighted by atomic mass is 9.95. The molecule has 0 saturated carbocycles. The number of hydrogen-bond acceptors (Lipinski definition) is 5. The van der Waals surface area contributed by atoms with Crippen molar-refractivity contribution in [2.75, 3.05) is 20.3 Å². The Kier molecular flexibility index (Phi) is 8.51. The summed E-state index contributed by atoms with van der Waals surface area (Å²) in [6.45, 7) is 5.42. The topological polar surface area (TPSA) is 114 Å². The predicted molar refractivity (Wildman–Crippen MR) is 132 cm³/mol. The number of hydrogen-bond donors (Lipinski definition) is 3. The molecule has 2 amide bonds. The Morgan fingerprint density at radius 1 is 1.03 bits per heavy atom. The first-order valence-electron chi connectivity index (χ1n) is 11.9. The molecule has 0 aliphatic heterocycles. The molecule has 0 radical (unpaired) electrons. The normalized spacial score (nSPS) is 15.0. The van der Waals surface area contributed by atoms with Gasteiger partial charge in [-0.2, -0.15) is 0 Å². The highest BCUT2D eigenvalue weighted by Crippen LogP contribution is 2.44. The second kappa shape index (κ2) is 11.4. The summed E-state index contributed by atoms with van der Waals surface area (Å²) in [4.78, 5) is 37.7. The summed E-state index contributed by atoms with van der Waals surface area (Å²) >= 11 is 0. The van der Waals surface area contributed by atoms with E-state index >= 15 is 0 Å². The number of aliphatic carboxylic acids is 1. The van der Waals surface area contributed by atoms with Gasteiger partial charge in [-0.15, -0.1) is 0 Å². The Hall–Kier alpha value is -3.39. The van der Waals surface area contributed by atoms with Crippen LogP contribution in [0.4, 0.5) is 4.79 Å². The smallest absolute Gasteiger partial charge is 0.407 e. The summed E-state index contributed by atoms with van der Waals surface area (Å²) in [7, 11) is 1.38. The number of carboxylic acid groups (broad SMARTS) is 1. The highest BCUT2D eigenvalue weighted by atomic mass is 16.5. The molecule has 0 aromatic heterocycles. The molecule has 8 nitrogen and oxygen atoms in total. The zero-order chi connectivity index (χ0) is 25.6. The van der Waals surface area contributed by atoms with Crippen molar-refractivity contribution in [1.29, 1.82) is 0 Å². The number of amides is 2. The Bertz CT molecular complexity index is 1020. The average molecular weight is 483 g/mol. The summed E-state index contributed by atoms with van der Waals surface area (Å²) < 4.78 is 10.6. The lowest BCUT2D eigenvalue weighted by Crippen LogP contribution is -2.61. The summed E-state index contributed by atoms with van der Waals surface area (Å²) in [6, 6.07) is 15.1. The number of rotatable bonds is 11. The van der Waals surface area contributed by atoms with Crippen molar-refractivity contribution in [3.63, 3.8) is 0 Å². The van der Waals surface area contributed by atoms with Gasteiger partial charge in [-0.05, 0) is 41.0 Å². The first kappa shape index (κ1) is 26.2. The largest absolute Gasteiger partial charge is 0.479 e. The maximum absolute atomic E-state index is 13.1. The van der Waals surface area contributed by atoms with Crippen LogP contribution in [0.15, 0.2) is 48.5 Å². The fourth-order valence-corrected chi connectivity index (χ4v) is 4.55. The van der Waals surface area contributed by atoms with E-state index in [0.717, 1.165) is 22.3 Å². The van der Waals surface area contributed by atoms with Crippen LogP contribution < -0.4 is 10.6 Å². The van der Waals surface area contributed by atoms with Crippen LogP contribution >= 0.6 is 0 Å². The number of fused-ring (bicyclic) bond motifs is 3. The molecule has 3 N–H and O–H groups in total. The third-order valence-corrected chi connectivity index (χ3v) is 6.43. The molecule has 0 saturated heterocycles. The summed E-state index contributed by atoms with van der Waals surface area (Å²) in [5.74, 6) is -1.82. The number of carbonyl (C=O) groups excluding carboxylic acids is 2. The van der Waals surface area contributed by atoms with Crippen molar-refractivity contribution in [1.82, 2.24) is 10.6 Å². The fourth-order valence-electron chi connectivity index (χ4n) is 4.55. The van der Waals surface area contributed by atoms with Crippen LogP contribution in [0.2, 0.25) is 0 Å². The molecule has 0 spiro atoms. The van der Waals surface area contributed by atoms with E-state index in [9.17, 15) is 19.5 Å². The van der Waals surface area contributed by atoms with Gasteiger partial charge in [-0.1, -0.05) is 69.3 Å². The monoisotopic (exact) mass is 482 g/mol. The summed E-state index contributed by atoms with van der Waals surface area (Å²) in [5, 5.41) is 14.9. The van der Waals surface area contributed by atoms with Gasteiger partial charge in [0.1, 0.15) is 12.6 Å². The molecule has 0 fully saturated rings. The van der Waals surface area contributed by atoms with E-state index < -0.39 is 29.6 Å². The van der Waals surface area contributed by atoms with Gasteiger partial charge in [0.15, 0.2) is 5.54 Å². The van der Waals surface area contributed by atoms with Gasteiger partial charge in [0.2, 0.25) is 5.91 Å². The minimum Gasteiger partial charge on any atom is -0.479 e. The Balaban J connectivity index is 1.70. The number of benzene rings is 2. The first-order valence-corrected chi connectivity index (χ1v) is 11.9. The zero-order valence-corrected chi connectivity index (χ0v) is 20.7. The zero-order valence-electron chi connectivity index (χ0n) is 20.7. The van der Waals surface area contributed by atoms with Gasteiger partial charge < -0.3 is 25.2 Å². The molecule has 1 unspecified atom stereocenters. The van der Waals surface area contributed by atoms with Crippen LogP contribution in [0, 0.1) is 5.92 Å². The van der Waals surface area contributed by atoms with E-state index in [0.29, 0.717) is 6.42 Å². The molecule has 0 heterocycles. The van der Waals surface area contributed by atoms with Crippen molar-refractivity contribution in [2.24, 2.45) is 5.92 Å². The van der Waals surface area contributed by atoms with Crippen molar-refractivity contribution >= 4 is 18.0 Å². The van der Waals surface area contributed by atoms with Gasteiger partial charge in [0, 0.05) is 13.0 Å². The number of nitrogens with one attached hydrogen (secondary N) is 2. The van der Waals surface area contributed by atoms with Crippen LogP contribution in [0.25, 0.3) is 11.1 Å². The molecule has 1 aliphatic carbocycles. The SMILES string of the molecule is CCC(COC)(NC(=O)[C@@H](CC(C)C)NC(=O)OCC1c2ccccc2-c2ccccc21)C(=O)O. The number of carboxylic acids is 1. The van der Waals surface area contributed by atoms with Crippen molar-refractivity contribution in [3.8, 4) is 11.1 Å². The fraction of sp³-hybridized carbons (Fsp3) is 0.444. The molecule has 2 aromatic carbocycles. The third kappa shape index (κ3) is 5.82. The number of alkyl carbamates (subject to hydrolysis) is 1. The third-order valence-electron chi connectivity index (χ3n) is 6.43. The Labute approximate surface area is 206 Å². The van der Waals surface area contributed by atoms with Crippen LogP contribution in [-0.2, 0) is 19.1 Å². The van der Waals surface area contributed by atoms with Crippen molar-refractivity contribution < 1.29 is 29.0 Å². The Morgan fingerprint density at radius 3 is 2.09 bits per heavy atom. The first-order chi connectivity index (χ1) is 16.7. The van der Waals surface area contributed by atoms with Crippen molar-refractivity contribution in [3.05, 3.63) is 59.7 Å². The van der Waals surface area contributed by atoms with Crippen LogP contribution in [0.3, 0.4) is 0 Å². The van der Waals surface area contributed by atoms with Gasteiger partial charge >= 0.3 is 12.1 Å². The lowest BCUT2D eigenvalue weighted by molar-refractivity contribution is -0.150. The van der Waals surface area contributed by atoms with Gasteiger partial charge in [-0.25, -0.2) is 9.59 Å². The highest BCUT2D eigenvalue weighted by molar-refractivity contribution is 5.91. The molecular weight excluding hydrogens is 448 g/mol. The maximum atomic E-state index is 13.1. The van der Waals surface area contributed by atoms with Gasteiger partial charge in [-0.3, -0.25) is 4.79 Å². The standard InChI is InChI=1S/C27H34N2O6/c1-5-27(16-34-4,25(31)32)29-24(30)23(14-17(2)3)28-26(33)35-15-22-20-12-8-6-10-18(20)19-11-7-9-13-21(19)22/h6-13,17,22-23H,5,14-16H2,1-4H3,(H,28,33)(H,29,30)(H,31,32)/t23-,27?/m1/s1. The molecular formula is C27H34N2O6. The number of carbonyl (C=O) groups is 3. The molecule has 2 atom stereocenters. The van der Waals surface area contributed by atoms with E-state index in [1.807, 2.05) is 50.2 Å². The second-order valence-electron chi connectivity index (χ2n) is 9.32. The quantitative estimate of drug-likeness (QED) is 0.447. The minimum atomic E-state index is -1.58. The van der Waals surface area contributed by atoms with Crippen LogP contribution in [-0.4, -0.2) is 55.0 Å². The van der Waals surface area contributed by atoms with Crippen molar-refractivity contribution in [2.45, 2.75) is 51.1 Å². The molecule has 35 heavy (non-hydrogen) atoms. The molecule has 2 aromatic rings. The number of ether oxygens (including phenoxy) is 2. The molecule has 3 rings (SSSR count).